The zero-order chi connectivity index (χ0) is 23.3. The topological polar surface area (TPSA) is 73.6 Å². The van der Waals surface area contributed by atoms with Crippen LogP contribution in [0.15, 0.2) is 101 Å². The Morgan fingerprint density at radius 2 is 1.50 bits per heavy atom. The second-order valence-corrected chi connectivity index (χ2v) is 7.66. The molecule has 0 spiro atoms. The van der Waals surface area contributed by atoms with E-state index in [1.165, 1.54) is 0 Å². The van der Waals surface area contributed by atoms with E-state index in [0.29, 0.717) is 28.4 Å². The predicted octanol–water partition coefficient (Wildman–Crippen LogP) is 6.19. The van der Waals surface area contributed by atoms with Crippen molar-refractivity contribution in [1.29, 1.82) is 0 Å². The fourth-order valence-corrected chi connectivity index (χ4v) is 3.58. The van der Waals surface area contributed by atoms with Crippen LogP contribution in [-0.4, -0.2) is 24.6 Å². The number of oxazole rings is 1. The summed E-state index contributed by atoms with van der Waals surface area (Å²) < 4.78 is 16.6. The Hall–Kier alpha value is -4.58. The van der Waals surface area contributed by atoms with Crippen LogP contribution >= 0.6 is 0 Å². The first-order valence-corrected chi connectivity index (χ1v) is 10.8. The van der Waals surface area contributed by atoms with Crippen molar-refractivity contribution >= 4 is 22.7 Å². The Labute approximate surface area is 196 Å². The molecule has 34 heavy (non-hydrogen) atoms. The molecule has 0 fully saturated rings. The third-order valence-corrected chi connectivity index (χ3v) is 5.34. The van der Waals surface area contributed by atoms with Gasteiger partial charge in [0.2, 0.25) is 5.89 Å². The zero-order valence-electron chi connectivity index (χ0n) is 18.5. The highest BCUT2D eigenvalue weighted by Gasteiger charge is 2.11. The molecule has 5 aromatic rings. The molecule has 1 aromatic heterocycles. The molecule has 1 N–H and O–H groups in total. The first-order valence-electron chi connectivity index (χ1n) is 10.8. The minimum absolute atomic E-state index is 0.109. The van der Waals surface area contributed by atoms with Gasteiger partial charge in [-0.25, -0.2) is 4.98 Å². The molecule has 6 nitrogen and oxygen atoms in total. The number of nitrogens with zero attached hydrogens (tertiary/aromatic N) is 1. The number of ether oxygens (including phenoxy) is 2. The Kier molecular flexibility index (Phi) is 5.95. The molecule has 0 unspecified atom stereocenters. The van der Waals surface area contributed by atoms with Crippen molar-refractivity contribution in [2.75, 3.05) is 19.0 Å². The molecular weight excluding hydrogens is 428 g/mol. The summed E-state index contributed by atoms with van der Waals surface area (Å²) in [6.45, 7) is -0.109. The summed E-state index contributed by atoms with van der Waals surface area (Å²) in [5.41, 5.74) is 5.10. The number of fused-ring (bicyclic) bond motifs is 1. The first kappa shape index (κ1) is 21.3. The fourth-order valence-electron chi connectivity index (χ4n) is 3.58. The molecule has 1 heterocycles. The maximum atomic E-state index is 12.3. The Morgan fingerprint density at radius 1 is 0.824 bits per heavy atom. The summed E-state index contributed by atoms with van der Waals surface area (Å²) in [5.74, 6) is 1.58. The van der Waals surface area contributed by atoms with Gasteiger partial charge in [-0.3, -0.25) is 4.79 Å². The standard InChI is InChI=1S/C28H22N2O4/c1-32-23-12-14-24(15-13-23)33-18-27(31)29-22-11-16-26-25(17-22)30-28(34-26)21-9-7-20(8-10-21)19-5-3-2-4-6-19/h2-17H,18H2,1H3,(H,29,31). The zero-order valence-corrected chi connectivity index (χ0v) is 18.5. The molecule has 0 atom stereocenters. The van der Waals surface area contributed by atoms with Crippen molar-refractivity contribution in [1.82, 2.24) is 4.98 Å². The second kappa shape index (κ2) is 9.50. The number of methoxy groups -OCH3 is 1. The molecule has 168 valence electrons. The van der Waals surface area contributed by atoms with Crippen molar-refractivity contribution in [2.45, 2.75) is 0 Å². The normalized spacial score (nSPS) is 10.7. The summed E-state index contributed by atoms with van der Waals surface area (Å²) in [4.78, 5) is 16.9. The number of hydrogen-bond donors (Lipinski definition) is 1. The van der Waals surface area contributed by atoms with Gasteiger partial charge in [0, 0.05) is 11.3 Å². The smallest absolute Gasteiger partial charge is 0.262 e. The van der Waals surface area contributed by atoms with E-state index in [1.807, 2.05) is 42.5 Å². The lowest BCUT2D eigenvalue weighted by atomic mass is 10.0. The second-order valence-electron chi connectivity index (χ2n) is 7.66. The monoisotopic (exact) mass is 450 g/mol. The molecule has 6 heteroatoms. The molecule has 5 rings (SSSR count). The number of nitrogens with one attached hydrogen (secondary N) is 1. The molecule has 4 aromatic carbocycles. The van der Waals surface area contributed by atoms with E-state index in [0.717, 1.165) is 22.4 Å². The highest BCUT2D eigenvalue weighted by molar-refractivity contribution is 5.94. The van der Waals surface area contributed by atoms with Crippen LogP contribution in [-0.2, 0) is 4.79 Å². The Bertz CT molecular complexity index is 1410. The van der Waals surface area contributed by atoms with Gasteiger partial charge < -0.3 is 19.2 Å². The van der Waals surface area contributed by atoms with Gasteiger partial charge in [-0.05, 0) is 65.7 Å². The largest absolute Gasteiger partial charge is 0.497 e. The van der Waals surface area contributed by atoms with Crippen LogP contribution in [0.25, 0.3) is 33.7 Å². The number of anilines is 1. The molecular formula is C28H22N2O4. The quantitative estimate of drug-likeness (QED) is 0.320. The molecule has 1 amide bonds. The van der Waals surface area contributed by atoms with Crippen LogP contribution in [0.5, 0.6) is 11.5 Å². The van der Waals surface area contributed by atoms with E-state index in [-0.39, 0.29) is 12.5 Å². The molecule has 0 radical (unpaired) electrons. The van der Waals surface area contributed by atoms with E-state index in [1.54, 1.807) is 49.6 Å². The van der Waals surface area contributed by atoms with Gasteiger partial charge in [-0.15, -0.1) is 0 Å². The summed E-state index contributed by atoms with van der Waals surface area (Å²) >= 11 is 0. The van der Waals surface area contributed by atoms with Crippen LogP contribution < -0.4 is 14.8 Å². The van der Waals surface area contributed by atoms with E-state index < -0.39 is 0 Å². The van der Waals surface area contributed by atoms with E-state index in [2.05, 4.69) is 22.4 Å². The summed E-state index contributed by atoms with van der Waals surface area (Å²) in [5, 5.41) is 2.83. The fraction of sp³-hybridized carbons (Fsp3) is 0.0714. The van der Waals surface area contributed by atoms with Gasteiger partial charge in [-0.1, -0.05) is 42.5 Å². The van der Waals surface area contributed by atoms with E-state index in [9.17, 15) is 4.79 Å². The lowest BCUT2D eigenvalue weighted by Crippen LogP contribution is -2.20. The van der Waals surface area contributed by atoms with Gasteiger partial charge in [0.1, 0.15) is 17.0 Å². The number of amides is 1. The third-order valence-electron chi connectivity index (χ3n) is 5.34. The molecule has 0 bridgehead atoms. The van der Waals surface area contributed by atoms with Crippen molar-refractivity contribution in [2.24, 2.45) is 0 Å². The molecule has 0 aliphatic heterocycles. The van der Waals surface area contributed by atoms with E-state index in [4.69, 9.17) is 13.9 Å². The van der Waals surface area contributed by atoms with Crippen LogP contribution in [0.4, 0.5) is 5.69 Å². The van der Waals surface area contributed by atoms with Crippen molar-refractivity contribution in [3.63, 3.8) is 0 Å². The number of carbonyl (C=O) groups is 1. The Morgan fingerprint density at radius 3 is 2.24 bits per heavy atom. The molecule has 0 aliphatic rings. The maximum absolute atomic E-state index is 12.3. The van der Waals surface area contributed by atoms with Gasteiger partial charge in [0.15, 0.2) is 12.2 Å². The highest BCUT2D eigenvalue weighted by Crippen LogP contribution is 2.28. The van der Waals surface area contributed by atoms with Crippen LogP contribution in [0, 0.1) is 0 Å². The lowest BCUT2D eigenvalue weighted by Gasteiger charge is -2.08. The lowest BCUT2D eigenvalue weighted by molar-refractivity contribution is -0.118. The molecule has 0 saturated heterocycles. The van der Waals surface area contributed by atoms with Gasteiger partial charge in [0.25, 0.3) is 5.91 Å². The summed E-state index contributed by atoms with van der Waals surface area (Å²) in [6, 6.07) is 30.7. The number of hydrogen-bond acceptors (Lipinski definition) is 5. The number of aromatic nitrogens is 1. The summed E-state index contributed by atoms with van der Waals surface area (Å²) in [6.07, 6.45) is 0. The minimum Gasteiger partial charge on any atom is -0.497 e. The van der Waals surface area contributed by atoms with Crippen molar-refractivity contribution in [3.05, 3.63) is 97.1 Å². The summed E-state index contributed by atoms with van der Waals surface area (Å²) in [7, 11) is 1.60. The SMILES string of the molecule is COc1ccc(OCC(=O)Nc2ccc3oc(-c4ccc(-c5ccccc5)cc4)nc3c2)cc1. The molecule has 0 saturated carbocycles. The van der Waals surface area contributed by atoms with Gasteiger partial charge >= 0.3 is 0 Å². The highest BCUT2D eigenvalue weighted by atomic mass is 16.5. The van der Waals surface area contributed by atoms with Crippen molar-refractivity contribution in [3.8, 4) is 34.1 Å². The third kappa shape index (κ3) is 4.76. The van der Waals surface area contributed by atoms with E-state index >= 15 is 0 Å². The first-order chi connectivity index (χ1) is 16.7. The van der Waals surface area contributed by atoms with Crippen LogP contribution in [0.1, 0.15) is 0 Å². The van der Waals surface area contributed by atoms with Crippen LogP contribution in [0.3, 0.4) is 0 Å². The van der Waals surface area contributed by atoms with Gasteiger partial charge in [-0.2, -0.15) is 0 Å². The number of carbonyl (C=O) groups excluding carboxylic acids is 1. The van der Waals surface area contributed by atoms with Crippen molar-refractivity contribution < 1.29 is 18.7 Å². The maximum Gasteiger partial charge on any atom is 0.262 e. The average Bonchev–Trinajstić information content (AvgIpc) is 3.32. The van der Waals surface area contributed by atoms with Crippen LogP contribution in [0.2, 0.25) is 0 Å². The predicted molar refractivity (Wildman–Crippen MR) is 132 cm³/mol. The average molecular weight is 450 g/mol. The molecule has 0 aliphatic carbocycles. The Balaban J connectivity index is 1.25. The minimum atomic E-state index is -0.268. The number of rotatable bonds is 7. The van der Waals surface area contributed by atoms with Gasteiger partial charge in [0.05, 0.1) is 7.11 Å². The number of benzene rings is 4.